The molecule has 4 bridgehead atoms. The Balaban J connectivity index is 1.33. The van der Waals surface area contributed by atoms with Crippen molar-refractivity contribution in [1.82, 2.24) is 0 Å². The van der Waals surface area contributed by atoms with E-state index in [2.05, 4.69) is 5.32 Å². The zero-order valence-electron chi connectivity index (χ0n) is 13.8. The molecule has 4 saturated carbocycles. The molecule has 5 rings (SSSR count). The van der Waals surface area contributed by atoms with Crippen molar-refractivity contribution in [2.24, 2.45) is 29.6 Å². The summed E-state index contributed by atoms with van der Waals surface area (Å²) in [7, 11) is 0. The van der Waals surface area contributed by atoms with Crippen LogP contribution in [0.1, 0.15) is 32.1 Å². The van der Waals surface area contributed by atoms with Crippen LogP contribution in [-0.4, -0.2) is 18.5 Å². The van der Waals surface area contributed by atoms with Crippen LogP contribution in [0.5, 0.6) is 0 Å². The summed E-state index contributed by atoms with van der Waals surface area (Å²) in [4.78, 5) is 24.6. The highest BCUT2D eigenvalue weighted by atomic mass is 35.5. The van der Waals surface area contributed by atoms with Crippen LogP contribution in [0.3, 0.4) is 0 Å². The number of ether oxygens (including phenoxy) is 1. The van der Waals surface area contributed by atoms with Crippen molar-refractivity contribution in [3.8, 4) is 0 Å². The quantitative estimate of drug-likeness (QED) is 0.778. The van der Waals surface area contributed by atoms with Crippen LogP contribution in [0.2, 0.25) is 10.0 Å². The SMILES string of the molecule is O=C(COC(=O)C1C2CC3CC(C2)CC1C3)Nc1cccc(Cl)c1Cl. The Hall–Kier alpha value is -1.26. The molecule has 0 heterocycles. The molecule has 0 radical (unpaired) electrons. The third kappa shape index (κ3) is 3.39. The van der Waals surface area contributed by atoms with Gasteiger partial charge in [-0.1, -0.05) is 29.3 Å². The number of anilines is 1. The molecule has 4 aliphatic rings. The lowest BCUT2D eigenvalue weighted by Crippen LogP contribution is -2.48. The van der Waals surface area contributed by atoms with Crippen LogP contribution in [0.25, 0.3) is 0 Å². The molecule has 134 valence electrons. The summed E-state index contributed by atoms with van der Waals surface area (Å²) >= 11 is 12.0. The number of rotatable bonds is 4. The number of carbonyl (C=O) groups is 2. The molecule has 0 aromatic heterocycles. The first-order valence-electron chi connectivity index (χ1n) is 8.91. The molecule has 4 fully saturated rings. The van der Waals surface area contributed by atoms with E-state index >= 15 is 0 Å². The molecule has 1 aromatic rings. The molecule has 25 heavy (non-hydrogen) atoms. The minimum absolute atomic E-state index is 0.0182. The van der Waals surface area contributed by atoms with Gasteiger partial charge >= 0.3 is 5.97 Å². The minimum Gasteiger partial charge on any atom is -0.455 e. The lowest BCUT2D eigenvalue weighted by molar-refractivity contribution is -0.164. The maximum atomic E-state index is 12.6. The highest BCUT2D eigenvalue weighted by Gasteiger charge is 2.51. The number of hydrogen-bond donors (Lipinski definition) is 1. The van der Waals surface area contributed by atoms with E-state index in [-0.39, 0.29) is 23.5 Å². The van der Waals surface area contributed by atoms with Crippen LogP contribution in [0, 0.1) is 29.6 Å². The number of esters is 1. The molecular weight excluding hydrogens is 361 g/mol. The van der Waals surface area contributed by atoms with Gasteiger partial charge in [0, 0.05) is 0 Å². The number of amides is 1. The van der Waals surface area contributed by atoms with E-state index in [1.807, 2.05) is 0 Å². The van der Waals surface area contributed by atoms with Gasteiger partial charge in [0.25, 0.3) is 5.91 Å². The fourth-order valence-corrected chi connectivity index (χ4v) is 5.68. The average molecular weight is 382 g/mol. The van der Waals surface area contributed by atoms with Crippen molar-refractivity contribution in [2.45, 2.75) is 32.1 Å². The highest BCUT2D eigenvalue weighted by molar-refractivity contribution is 6.44. The molecule has 4 aliphatic carbocycles. The second kappa shape index (κ2) is 6.81. The molecule has 0 spiro atoms. The summed E-state index contributed by atoms with van der Waals surface area (Å²) in [5, 5.41) is 3.29. The Morgan fingerprint density at radius 1 is 1.04 bits per heavy atom. The zero-order chi connectivity index (χ0) is 17.6. The van der Waals surface area contributed by atoms with E-state index in [0.717, 1.165) is 37.5 Å². The van der Waals surface area contributed by atoms with Crippen LogP contribution in [-0.2, 0) is 14.3 Å². The Morgan fingerprint density at radius 3 is 2.32 bits per heavy atom. The van der Waals surface area contributed by atoms with Crippen LogP contribution in [0.4, 0.5) is 5.69 Å². The van der Waals surface area contributed by atoms with Crippen LogP contribution < -0.4 is 5.32 Å². The largest absolute Gasteiger partial charge is 0.455 e. The second-order valence-electron chi connectivity index (χ2n) is 7.71. The molecule has 1 amide bonds. The summed E-state index contributed by atoms with van der Waals surface area (Å²) in [5.41, 5.74) is 0.421. The summed E-state index contributed by atoms with van der Waals surface area (Å²) in [6, 6.07) is 5.00. The third-order valence-electron chi connectivity index (χ3n) is 6.07. The minimum atomic E-state index is -0.402. The Morgan fingerprint density at radius 2 is 1.68 bits per heavy atom. The van der Waals surface area contributed by atoms with Gasteiger partial charge in [-0.15, -0.1) is 0 Å². The van der Waals surface area contributed by atoms with Crippen molar-refractivity contribution in [3.05, 3.63) is 28.2 Å². The fourth-order valence-electron chi connectivity index (χ4n) is 5.33. The molecule has 0 unspecified atom stereocenters. The van der Waals surface area contributed by atoms with Gasteiger partial charge in [0.2, 0.25) is 0 Å². The smallest absolute Gasteiger partial charge is 0.310 e. The molecule has 0 saturated heterocycles. The van der Waals surface area contributed by atoms with Crippen molar-refractivity contribution >= 4 is 40.8 Å². The van der Waals surface area contributed by atoms with E-state index < -0.39 is 5.91 Å². The average Bonchev–Trinajstić information content (AvgIpc) is 2.56. The number of carbonyl (C=O) groups excluding carboxylic acids is 2. The van der Waals surface area contributed by atoms with Crippen molar-refractivity contribution in [1.29, 1.82) is 0 Å². The van der Waals surface area contributed by atoms with Crippen LogP contribution in [0.15, 0.2) is 18.2 Å². The molecule has 0 atom stereocenters. The van der Waals surface area contributed by atoms with Crippen molar-refractivity contribution < 1.29 is 14.3 Å². The first-order valence-corrected chi connectivity index (χ1v) is 9.67. The molecule has 1 N–H and O–H groups in total. The molecule has 1 aromatic carbocycles. The fraction of sp³-hybridized carbons (Fsp3) is 0.579. The first-order chi connectivity index (χ1) is 12.0. The number of nitrogens with one attached hydrogen (secondary N) is 1. The standard InChI is InChI=1S/C19H21Cl2NO3/c20-14-2-1-3-15(18(14)21)22-16(23)9-25-19(24)17-12-5-10-4-11(7-12)8-13(17)6-10/h1-3,10-13,17H,4-9H2,(H,22,23). The monoisotopic (exact) mass is 381 g/mol. The second-order valence-corrected chi connectivity index (χ2v) is 8.50. The number of benzene rings is 1. The van der Waals surface area contributed by atoms with Gasteiger partial charge in [0.05, 0.1) is 21.7 Å². The highest BCUT2D eigenvalue weighted by Crippen LogP contribution is 2.56. The Kier molecular flexibility index (Phi) is 4.67. The predicted octanol–water partition coefficient (Wildman–Crippen LogP) is 4.55. The van der Waals surface area contributed by atoms with Gasteiger partial charge in [-0.05, 0) is 67.9 Å². The summed E-state index contributed by atoms with van der Waals surface area (Å²) in [6.07, 6.45) is 5.94. The van der Waals surface area contributed by atoms with E-state index in [4.69, 9.17) is 27.9 Å². The van der Waals surface area contributed by atoms with Gasteiger partial charge in [-0.2, -0.15) is 0 Å². The van der Waals surface area contributed by atoms with Crippen LogP contribution >= 0.6 is 23.2 Å². The van der Waals surface area contributed by atoms with E-state index in [9.17, 15) is 9.59 Å². The maximum absolute atomic E-state index is 12.6. The van der Waals surface area contributed by atoms with E-state index in [1.165, 1.54) is 6.42 Å². The predicted molar refractivity (Wildman–Crippen MR) is 96.6 cm³/mol. The normalized spacial score (nSPS) is 32.5. The van der Waals surface area contributed by atoms with Crippen molar-refractivity contribution in [2.75, 3.05) is 11.9 Å². The van der Waals surface area contributed by atoms with Gasteiger partial charge in [0.15, 0.2) is 6.61 Å². The number of hydrogen-bond acceptors (Lipinski definition) is 3. The van der Waals surface area contributed by atoms with Gasteiger partial charge in [0.1, 0.15) is 0 Å². The molecule has 0 aliphatic heterocycles. The molecular formula is C19H21Cl2NO3. The lowest BCUT2D eigenvalue weighted by Gasteiger charge is -2.53. The summed E-state index contributed by atoms with van der Waals surface area (Å²) in [6.45, 7) is -0.287. The van der Waals surface area contributed by atoms with Gasteiger partial charge < -0.3 is 10.1 Å². The van der Waals surface area contributed by atoms with E-state index in [1.54, 1.807) is 18.2 Å². The lowest BCUT2D eigenvalue weighted by atomic mass is 9.52. The summed E-state index contributed by atoms with van der Waals surface area (Å²) < 4.78 is 5.35. The Bertz CT molecular complexity index is 678. The topological polar surface area (TPSA) is 55.4 Å². The first kappa shape index (κ1) is 17.2. The molecule has 6 heteroatoms. The van der Waals surface area contributed by atoms with Gasteiger partial charge in [-0.25, -0.2) is 0 Å². The van der Waals surface area contributed by atoms with E-state index in [0.29, 0.717) is 22.5 Å². The number of halogens is 2. The summed E-state index contributed by atoms with van der Waals surface area (Å²) in [5.74, 6) is 1.89. The van der Waals surface area contributed by atoms with Crippen molar-refractivity contribution in [3.63, 3.8) is 0 Å². The third-order valence-corrected chi connectivity index (χ3v) is 6.89. The van der Waals surface area contributed by atoms with Gasteiger partial charge in [-0.3, -0.25) is 9.59 Å². The molecule has 4 nitrogen and oxygen atoms in total. The maximum Gasteiger partial charge on any atom is 0.310 e. The zero-order valence-corrected chi connectivity index (χ0v) is 15.4. The Labute approximate surface area is 157 Å².